The number of carboxylic acids is 1. The van der Waals surface area contributed by atoms with Gasteiger partial charge in [0.25, 0.3) is 11.8 Å². The lowest BCUT2D eigenvalue weighted by molar-refractivity contribution is -0.140. The molecule has 1 aliphatic heterocycles. The molecule has 7 heteroatoms. The molecule has 3 aromatic carbocycles. The second-order valence-electron chi connectivity index (χ2n) is 8.75. The van der Waals surface area contributed by atoms with Gasteiger partial charge in [0.15, 0.2) is 6.61 Å². The number of hydrazone groups is 1. The molecule has 1 saturated heterocycles. The van der Waals surface area contributed by atoms with E-state index in [0.29, 0.717) is 11.3 Å². The number of benzene rings is 3. The molecule has 2 unspecified atom stereocenters. The van der Waals surface area contributed by atoms with Crippen molar-refractivity contribution in [3.05, 3.63) is 101 Å². The van der Waals surface area contributed by atoms with E-state index in [2.05, 4.69) is 29.4 Å². The van der Waals surface area contributed by atoms with Crippen LogP contribution >= 0.6 is 0 Å². The summed E-state index contributed by atoms with van der Waals surface area (Å²) >= 11 is 0. The van der Waals surface area contributed by atoms with Gasteiger partial charge >= 0.3 is 5.97 Å². The van der Waals surface area contributed by atoms with Gasteiger partial charge in [-0.15, -0.1) is 0 Å². The van der Waals surface area contributed by atoms with Crippen LogP contribution in [0.4, 0.5) is 0 Å². The van der Waals surface area contributed by atoms with Gasteiger partial charge in [0.05, 0.1) is 18.1 Å². The first-order valence-corrected chi connectivity index (χ1v) is 11.1. The van der Waals surface area contributed by atoms with Crippen molar-refractivity contribution in [2.75, 3.05) is 6.61 Å². The smallest absolute Gasteiger partial charge is 0.341 e. The van der Waals surface area contributed by atoms with Crippen LogP contribution in [-0.2, 0) is 14.4 Å². The number of carbonyl (C=O) groups is 3. The van der Waals surface area contributed by atoms with Gasteiger partial charge in [-0.2, -0.15) is 10.1 Å². The number of rotatable bonds is 5. The van der Waals surface area contributed by atoms with Gasteiger partial charge in [-0.3, -0.25) is 9.59 Å². The van der Waals surface area contributed by atoms with E-state index in [9.17, 15) is 14.4 Å². The van der Waals surface area contributed by atoms with Crippen LogP contribution in [0.2, 0.25) is 0 Å². The Labute approximate surface area is 195 Å². The van der Waals surface area contributed by atoms with E-state index in [1.165, 1.54) is 6.21 Å². The van der Waals surface area contributed by atoms with Crippen LogP contribution in [-0.4, -0.2) is 40.7 Å². The third-order valence-corrected chi connectivity index (χ3v) is 6.99. The largest absolute Gasteiger partial charge is 0.482 e. The number of carboxylic acid groups (broad SMARTS) is 1. The maximum Gasteiger partial charge on any atom is 0.341 e. The molecule has 4 aliphatic rings. The average molecular weight is 452 g/mol. The Morgan fingerprint density at radius 2 is 1.29 bits per heavy atom. The molecule has 2 atom stereocenters. The fraction of sp³-hybridized carbons (Fsp3) is 0.185. The molecule has 7 nitrogen and oxygen atoms in total. The van der Waals surface area contributed by atoms with Crippen molar-refractivity contribution in [2.24, 2.45) is 16.9 Å². The van der Waals surface area contributed by atoms with E-state index >= 15 is 0 Å². The maximum atomic E-state index is 13.5. The third kappa shape index (κ3) is 2.97. The number of nitrogens with zero attached hydrogens (tertiary/aromatic N) is 2. The molecule has 2 amide bonds. The number of ether oxygens (including phenoxy) is 1. The summed E-state index contributed by atoms with van der Waals surface area (Å²) in [5.41, 5.74) is 5.15. The molecule has 0 spiro atoms. The third-order valence-electron chi connectivity index (χ3n) is 6.99. The molecular weight excluding hydrogens is 432 g/mol. The Morgan fingerprint density at radius 3 is 1.74 bits per heavy atom. The van der Waals surface area contributed by atoms with Crippen LogP contribution in [0.3, 0.4) is 0 Å². The lowest BCUT2D eigenvalue weighted by atomic mass is 9.55. The highest BCUT2D eigenvalue weighted by Gasteiger charge is 2.61. The van der Waals surface area contributed by atoms with Gasteiger partial charge in [0, 0.05) is 11.8 Å². The van der Waals surface area contributed by atoms with Crippen LogP contribution in [0.25, 0.3) is 0 Å². The summed E-state index contributed by atoms with van der Waals surface area (Å²) in [7, 11) is 0. The summed E-state index contributed by atoms with van der Waals surface area (Å²) in [6, 6.07) is 22.8. The summed E-state index contributed by atoms with van der Waals surface area (Å²) in [6.45, 7) is -0.430. The number of amides is 2. The van der Waals surface area contributed by atoms with Crippen molar-refractivity contribution in [3.8, 4) is 5.75 Å². The van der Waals surface area contributed by atoms with E-state index < -0.39 is 24.4 Å². The van der Waals surface area contributed by atoms with Crippen molar-refractivity contribution in [2.45, 2.75) is 11.8 Å². The average Bonchev–Trinajstić information content (AvgIpc) is 3.12. The molecule has 0 saturated carbocycles. The zero-order chi connectivity index (χ0) is 23.4. The maximum absolute atomic E-state index is 13.5. The van der Waals surface area contributed by atoms with Crippen molar-refractivity contribution in [3.63, 3.8) is 0 Å². The Morgan fingerprint density at radius 1 is 0.824 bits per heavy atom. The first-order valence-electron chi connectivity index (χ1n) is 11.1. The van der Waals surface area contributed by atoms with E-state index in [1.54, 1.807) is 24.3 Å². The van der Waals surface area contributed by atoms with Crippen molar-refractivity contribution < 1.29 is 24.2 Å². The Balaban J connectivity index is 1.31. The molecule has 0 aromatic heterocycles. The Kier molecular flexibility index (Phi) is 4.58. The first kappa shape index (κ1) is 20.4. The molecule has 168 valence electrons. The number of imide groups is 1. The van der Waals surface area contributed by atoms with E-state index in [1.807, 2.05) is 24.3 Å². The number of aliphatic carboxylic acids is 1. The number of hydrogen-bond donors (Lipinski definition) is 1. The zero-order valence-corrected chi connectivity index (χ0v) is 18.0. The molecule has 2 bridgehead atoms. The minimum absolute atomic E-state index is 0.162. The normalized spacial score (nSPS) is 24.2. The van der Waals surface area contributed by atoms with Gasteiger partial charge in [0.1, 0.15) is 5.75 Å². The molecule has 3 aromatic rings. The molecule has 7 rings (SSSR count). The van der Waals surface area contributed by atoms with Crippen LogP contribution in [0.5, 0.6) is 5.75 Å². The summed E-state index contributed by atoms with van der Waals surface area (Å²) in [5.74, 6) is -2.45. The predicted octanol–water partition coefficient (Wildman–Crippen LogP) is 3.38. The number of carbonyl (C=O) groups excluding carboxylic acids is 2. The molecular formula is C27H20N2O5. The lowest BCUT2D eigenvalue weighted by Crippen LogP contribution is -2.41. The highest BCUT2D eigenvalue weighted by Crippen LogP contribution is 2.60. The van der Waals surface area contributed by atoms with Crippen molar-refractivity contribution in [1.29, 1.82) is 0 Å². The van der Waals surface area contributed by atoms with Gasteiger partial charge < -0.3 is 9.84 Å². The number of hydrogen-bond acceptors (Lipinski definition) is 5. The van der Waals surface area contributed by atoms with Crippen LogP contribution in [0.15, 0.2) is 77.9 Å². The summed E-state index contributed by atoms with van der Waals surface area (Å²) in [5, 5.41) is 14.0. The van der Waals surface area contributed by atoms with Gasteiger partial charge in [0.2, 0.25) is 0 Å². The molecule has 3 aliphatic carbocycles. The second-order valence-corrected chi connectivity index (χ2v) is 8.75. The molecule has 1 fully saturated rings. The molecule has 1 heterocycles. The van der Waals surface area contributed by atoms with E-state index in [4.69, 9.17) is 9.84 Å². The van der Waals surface area contributed by atoms with Crippen LogP contribution < -0.4 is 4.74 Å². The first-order chi connectivity index (χ1) is 16.5. The van der Waals surface area contributed by atoms with Crippen molar-refractivity contribution >= 4 is 24.0 Å². The SMILES string of the molecule is O=C(O)COc1ccc(/C=N/N2C(=O)C3C4c5ccccc5C(c5ccccc54)C3C2=O)cc1. The lowest BCUT2D eigenvalue weighted by Gasteiger charge is -2.45. The summed E-state index contributed by atoms with van der Waals surface area (Å²) in [6.07, 6.45) is 1.47. The topological polar surface area (TPSA) is 96.3 Å². The predicted molar refractivity (Wildman–Crippen MR) is 123 cm³/mol. The van der Waals surface area contributed by atoms with E-state index in [0.717, 1.165) is 27.3 Å². The standard InChI is InChI=1S/C27H20N2O5/c30-21(31)14-34-16-11-9-15(10-12-16)13-28-29-26(32)24-22-17-5-1-2-6-18(17)23(25(24)27(29)33)20-8-4-3-7-19(20)22/h1-13,22-25H,14H2,(H,30,31)/b28-13+. The summed E-state index contributed by atoms with van der Waals surface area (Å²) < 4.78 is 5.13. The van der Waals surface area contributed by atoms with Crippen LogP contribution in [0.1, 0.15) is 39.7 Å². The summed E-state index contributed by atoms with van der Waals surface area (Å²) in [4.78, 5) is 37.6. The van der Waals surface area contributed by atoms with E-state index in [-0.39, 0.29) is 23.7 Å². The molecule has 0 radical (unpaired) electrons. The molecule has 34 heavy (non-hydrogen) atoms. The van der Waals surface area contributed by atoms with Crippen molar-refractivity contribution in [1.82, 2.24) is 5.01 Å². The second kappa shape index (κ2) is 7.66. The fourth-order valence-electron chi connectivity index (χ4n) is 5.69. The Hall–Kier alpha value is -4.26. The quantitative estimate of drug-likeness (QED) is 0.473. The Bertz CT molecular complexity index is 1250. The highest BCUT2D eigenvalue weighted by atomic mass is 16.5. The van der Waals surface area contributed by atoms with Gasteiger partial charge in [-0.05, 0) is 52.1 Å². The van der Waals surface area contributed by atoms with Gasteiger partial charge in [-0.25, -0.2) is 4.79 Å². The monoisotopic (exact) mass is 452 g/mol. The van der Waals surface area contributed by atoms with Crippen LogP contribution in [0, 0.1) is 11.8 Å². The van der Waals surface area contributed by atoms with Gasteiger partial charge in [-0.1, -0.05) is 48.5 Å². The fourth-order valence-corrected chi connectivity index (χ4v) is 5.69. The zero-order valence-electron chi connectivity index (χ0n) is 18.0. The highest BCUT2D eigenvalue weighted by molar-refractivity contribution is 6.08. The minimum atomic E-state index is -1.06. The minimum Gasteiger partial charge on any atom is -0.482 e. The molecule has 1 N–H and O–H groups in total.